The fourth-order valence-electron chi connectivity index (χ4n) is 4.00. The second kappa shape index (κ2) is 15.8. The van der Waals surface area contributed by atoms with Gasteiger partial charge in [-0.05, 0) is 55.4 Å². The minimum Gasteiger partial charge on any atom is -0.460 e. The van der Waals surface area contributed by atoms with Crippen LogP contribution in [0.15, 0.2) is 0 Å². The van der Waals surface area contributed by atoms with Crippen LogP contribution in [-0.4, -0.2) is 110 Å². The van der Waals surface area contributed by atoms with Crippen LogP contribution in [0.2, 0.25) is 0 Å². The summed E-state index contributed by atoms with van der Waals surface area (Å²) in [6, 6.07) is 0. The fourth-order valence-corrected chi connectivity index (χ4v) is 4.45. The van der Waals surface area contributed by atoms with Gasteiger partial charge in [-0.25, -0.2) is 19.2 Å². The van der Waals surface area contributed by atoms with Crippen molar-refractivity contribution in [3.8, 4) is 0 Å². The largest absolute Gasteiger partial charge is 0.510 e. The lowest BCUT2D eigenvalue weighted by Gasteiger charge is -2.25. The first-order valence-electron chi connectivity index (χ1n) is 13.6. The maximum absolute atomic E-state index is 12.5. The van der Waals surface area contributed by atoms with Crippen molar-refractivity contribution >= 4 is 42.7 Å². The third kappa shape index (κ3) is 11.4. The molecule has 0 saturated carbocycles. The molecule has 16 heteroatoms. The van der Waals surface area contributed by atoms with E-state index in [1.54, 1.807) is 13.8 Å². The third-order valence-corrected chi connectivity index (χ3v) is 6.35. The number of fused-ring (bicyclic) bond motifs is 1. The summed E-state index contributed by atoms with van der Waals surface area (Å²) in [7, 11) is 4.59. The topological polar surface area (TPSA) is 161 Å². The molecule has 0 aromatic heterocycles. The molecule has 0 bridgehead atoms. The van der Waals surface area contributed by atoms with Gasteiger partial charge in [0.25, 0.3) is 0 Å². The fraction of sp³-hybridized carbons (Fsp3) is 0.846. The zero-order valence-electron chi connectivity index (χ0n) is 25.3. The third-order valence-electron chi connectivity index (χ3n) is 5.84. The number of carbonyl (C=O) groups excluding carboxylic acids is 4. The van der Waals surface area contributed by atoms with Gasteiger partial charge in [-0.15, -0.1) is 9.24 Å². The van der Waals surface area contributed by atoms with Crippen molar-refractivity contribution in [1.82, 2.24) is 0 Å². The Morgan fingerprint density at radius 1 is 0.762 bits per heavy atom. The van der Waals surface area contributed by atoms with Gasteiger partial charge in [0, 0.05) is 0 Å². The second-order valence-corrected chi connectivity index (χ2v) is 13.1. The standard InChI is InChI=1S/C26H44O14P2/c1-13(2)35-14(3)9-34-22(28)26(8,42)40-24(30)38-18-12-32-19-17(11-31-20(18)19)37-23(29)39-25(6,7)21(27)33-10-15(4)36-16(5)41/h13-20H,9-12,41-42H2,1-8H3. The molecule has 2 fully saturated rings. The minimum absolute atomic E-state index is 0.0264. The molecule has 2 rings (SSSR count). The predicted molar refractivity (Wildman–Crippen MR) is 152 cm³/mol. The highest BCUT2D eigenvalue weighted by molar-refractivity contribution is 7.20. The number of hydrogen-bond donors (Lipinski definition) is 0. The summed E-state index contributed by atoms with van der Waals surface area (Å²) in [5.41, 5.74) is -1.64. The predicted octanol–water partition coefficient (Wildman–Crippen LogP) is 2.72. The number of ether oxygens (including phenoxy) is 10. The van der Waals surface area contributed by atoms with E-state index in [4.69, 9.17) is 47.4 Å². The van der Waals surface area contributed by atoms with Crippen molar-refractivity contribution in [2.24, 2.45) is 0 Å². The lowest BCUT2D eigenvalue weighted by Crippen LogP contribution is -2.42. The Bertz CT molecular complexity index is 866. The Hall–Kier alpha value is -1.82. The summed E-state index contributed by atoms with van der Waals surface area (Å²) in [6.45, 7) is 12.9. The molecule has 10 atom stereocenters. The van der Waals surface area contributed by atoms with Gasteiger partial charge < -0.3 is 47.4 Å². The van der Waals surface area contributed by atoms with E-state index in [-0.39, 0.29) is 50.6 Å². The van der Waals surface area contributed by atoms with Crippen molar-refractivity contribution < 1.29 is 66.5 Å². The van der Waals surface area contributed by atoms with Crippen molar-refractivity contribution in [2.75, 3.05) is 26.4 Å². The molecule has 2 aliphatic rings. The second-order valence-electron chi connectivity index (χ2n) is 11.1. The van der Waals surface area contributed by atoms with Crippen LogP contribution < -0.4 is 0 Å². The van der Waals surface area contributed by atoms with E-state index >= 15 is 0 Å². The van der Waals surface area contributed by atoms with E-state index in [9.17, 15) is 19.2 Å². The highest BCUT2D eigenvalue weighted by Crippen LogP contribution is 2.32. The van der Waals surface area contributed by atoms with Crippen LogP contribution in [0, 0.1) is 0 Å². The monoisotopic (exact) mass is 642 g/mol. The Morgan fingerprint density at radius 3 is 1.69 bits per heavy atom. The van der Waals surface area contributed by atoms with Crippen molar-refractivity contribution in [3.63, 3.8) is 0 Å². The molecule has 0 aromatic carbocycles. The van der Waals surface area contributed by atoms with E-state index in [1.165, 1.54) is 20.8 Å². The summed E-state index contributed by atoms with van der Waals surface area (Å²) in [4.78, 5) is 49.8. The molecule has 0 spiro atoms. The molecule has 242 valence electrons. The number of carbonyl (C=O) groups is 4. The number of rotatable bonds is 14. The van der Waals surface area contributed by atoms with Gasteiger partial charge in [0.1, 0.15) is 25.4 Å². The number of esters is 2. The molecule has 0 N–H and O–H groups in total. The summed E-state index contributed by atoms with van der Waals surface area (Å²) in [5, 5.41) is -1.72. The maximum Gasteiger partial charge on any atom is 0.510 e. The zero-order valence-corrected chi connectivity index (χ0v) is 27.6. The van der Waals surface area contributed by atoms with E-state index in [0.29, 0.717) is 0 Å². The van der Waals surface area contributed by atoms with Gasteiger partial charge in [0.2, 0.25) is 10.9 Å². The molecule has 10 unspecified atom stereocenters. The van der Waals surface area contributed by atoms with Gasteiger partial charge in [-0.2, -0.15) is 0 Å². The molecule has 0 amide bonds. The van der Waals surface area contributed by atoms with Crippen LogP contribution in [0.1, 0.15) is 55.4 Å². The molecule has 2 heterocycles. The Morgan fingerprint density at radius 2 is 1.21 bits per heavy atom. The molecular weight excluding hydrogens is 598 g/mol. The lowest BCUT2D eigenvalue weighted by molar-refractivity contribution is -0.169. The summed E-state index contributed by atoms with van der Waals surface area (Å²) >= 11 is 0. The minimum atomic E-state index is -1.72. The van der Waals surface area contributed by atoms with Crippen LogP contribution >= 0.6 is 18.5 Å². The normalized spacial score (nSPS) is 25.4. The molecule has 42 heavy (non-hydrogen) atoms. The van der Waals surface area contributed by atoms with Crippen LogP contribution in [0.5, 0.6) is 0 Å². The molecular formula is C26H44O14P2. The summed E-state index contributed by atoms with van der Waals surface area (Å²) in [6.07, 6.45) is -6.37. The van der Waals surface area contributed by atoms with E-state index < -0.39 is 59.6 Å². The Balaban J connectivity index is 1.81. The zero-order chi connectivity index (χ0) is 31.8. The molecule has 0 aromatic rings. The van der Waals surface area contributed by atoms with Gasteiger partial charge >= 0.3 is 24.2 Å². The maximum atomic E-state index is 12.5. The van der Waals surface area contributed by atoms with E-state index in [2.05, 4.69) is 18.5 Å². The number of hydrogen-bond acceptors (Lipinski definition) is 14. The van der Waals surface area contributed by atoms with Gasteiger partial charge in [0.05, 0.1) is 37.4 Å². The van der Waals surface area contributed by atoms with Crippen LogP contribution in [-0.2, 0) is 57.0 Å². The highest BCUT2D eigenvalue weighted by atomic mass is 31.0. The lowest BCUT2D eigenvalue weighted by atomic mass is 10.1. The van der Waals surface area contributed by atoms with Crippen LogP contribution in [0.4, 0.5) is 9.59 Å². The first kappa shape index (κ1) is 36.4. The Labute approximate surface area is 250 Å². The molecule has 0 radical (unpaired) electrons. The van der Waals surface area contributed by atoms with Gasteiger partial charge in [-0.3, -0.25) is 0 Å². The average Bonchev–Trinajstić information content (AvgIpc) is 3.42. The van der Waals surface area contributed by atoms with Gasteiger partial charge in [0.15, 0.2) is 12.2 Å². The molecule has 0 aliphatic carbocycles. The molecule has 2 aliphatic heterocycles. The van der Waals surface area contributed by atoms with Crippen LogP contribution in [0.3, 0.4) is 0 Å². The van der Waals surface area contributed by atoms with Crippen LogP contribution in [0.25, 0.3) is 0 Å². The summed E-state index contributed by atoms with van der Waals surface area (Å²) < 4.78 is 53.7. The first-order chi connectivity index (χ1) is 19.4. The van der Waals surface area contributed by atoms with E-state index in [1.807, 2.05) is 20.8 Å². The van der Waals surface area contributed by atoms with Crippen molar-refractivity contribution in [3.05, 3.63) is 0 Å². The smallest absolute Gasteiger partial charge is 0.460 e. The highest BCUT2D eigenvalue weighted by Gasteiger charge is 2.52. The molecule has 14 nitrogen and oxygen atoms in total. The quantitative estimate of drug-likeness (QED) is 0.155. The summed E-state index contributed by atoms with van der Waals surface area (Å²) in [5.74, 6) is -1.71. The van der Waals surface area contributed by atoms with Gasteiger partial charge in [-0.1, -0.05) is 9.24 Å². The van der Waals surface area contributed by atoms with Crippen molar-refractivity contribution in [1.29, 1.82) is 0 Å². The SMILES string of the molecule is CC(C)OC(C)COC(=O)C(C)(P)OC(=O)OC1COC2C(OC(=O)OC(C)(C)C(=O)OCC(C)OC(C)P)COC12. The molecule has 2 saturated heterocycles. The van der Waals surface area contributed by atoms with E-state index in [0.717, 1.165) is 0 Å². The van der Waals surface area contributed by atoms with Crippen molar-refractivity contribution in [2.45, 2.75) is 115 Å². The Kier molecular flexibility index (Phi) is 13.7. The first-order valence-corrected chi connectivity index (χ1v) is 14.9. The average molecular weight is 643 g/mol.